The molecule has 0 fully saturated rings. The third kappa shape index (κ3) is 2.59. The molecule has 2 aromatic rings. The van der Waals surface area contributed by atoms with E-state index in [4.69, 9.17) is 28.9 Å². The molecule has 0 aromatic heterocycles. The predicted molar refractivity (Wildman–Crippen MR) is 89.4 cm³/mol. The second-order valence-corrected chi connectivity index (χ2v) is 5.88. The second kappa shape index (κ2) is 5.58. The number of aliphatic imine (C=N–C) groups is 1. The van der Waals surface area contributed by atoms with Crippen molar-refractivity contribution in [1.29, 1.82) is 0 Å². The number of hydrogen-bond acceptors (Lipinski definition) is 3. The monoisotopic (exact) mass is 319 g/mol. The largest absolute Gasteiger partial charge is 0.369 e. The fourth-order valence-electron chi connectivity index (χ4n) is 2.63. The van der Waals surface area contributed by atoms with Crippen LogP contribution in [0.3, 0.4) is 0 Å². The van der Waals surface area contributed by atoms with E-state index < -0.39 is 0 Å². The number of guanidine groups is 1. The van der Waals surface area contributed by atoms with Gasteiger partial charge in [0.25, 0.3) is 0 Å². The normalized spacial score (nSPS) is 18.0. The Bertz CT molecular complexity index is 712. The zero-order valence-electron chi connectivity index (χ0n) is 11.6. The number of benzene rings is 2. The molecule has 1 unspecified atom stereocenters. The highest BCUT2D eigenvalue weighted by Gasteiger charge is 2.30. The van der Waals surface area contributed by atoms with E-state index in [0.29, 0.717) is 22.5 Å². The molecule has 0 aliphatic carbocycles. The van der Waals surface area contributed by atoms with Gasteiger partial charge < -0.3 is 10.6 Å². The van der Waals surface area contributed by atoms with Crippen LogP contribution in [0.4, 0.5) is 5.69 Å². The molecule has 0 spiro atoms. The number of aryl methyl sites for hydroxylation is 1. The molecule has 1 aliphatic rings. The van der Waals surface area contributed by atoms with E-state index in [1.807, 2.05) is 35.2 Å². The van der Waals surface area contributed by atoms with Crippen LogP contribution in [0.2, 0.25) is 10.0 Å². The molecule has 5 heteroatoms. The minimum Gasteiger partial charge on any atom is -0.369 e. The van der Waals surface area contributed by atoms with Crippen molar-refractivity contribution in [3.63, 3.8) is 0 Å². The number of halogens is 2. The highest BCUT2D eigenvalue weighted by Crippen LogP contribution is 2.36. The lowest BCUT2D eigenvalue weighted by atomic mass is 10.0. The lowest BCUT2D eigenvalue weighted by Gasteiger charge is -2.28. The van der Waals surface area contributed by atoms with Gasteiger partial charge in [0.05, 0.1) is 12.6 Å². The van der Waals surface area contributed by atoms with E-state index in [1.165, 1.54) is 0 Å². The third-order valence-electron chi connectivity index (χ3n) is 3.68. The zero-order valence-corrected chi connectivity index (χ0v) is 13.1. The van der Waals surface area contributed by atoms with Crippen molar-refractivity contribution in [1.82, 2.24) is 0 Å². The van der Waals surface area contributed by atoms with Crippen LogP contribution in [0.1, 0.15) is 17.2 Å². The number of anilines is 1. The first-order valence-electron chi connectivity index (χ1n) is 6.67. The maximum Gasteiger partial charge on any atom is 0.196 e. The van der Waals surface area contributed by atoms with Gasteiger partial charge in [-0.1, -0.05) is 47.5 Å². The van der Waals surface area contributed by atoms with Gasteiger partial charge in [0.1, 0.15) is 0 Å². The molecule has 21 heavy (non-hydrogen) atoms. The van der Waals surface area contributed by atoms with Gasteiger partial charge >= 0.3 is 0 Å². The molecule has 3 nitrogen and oxygen atoms in total. The quantitative estimate of drug-likeness (QED) is 0.902. The van der Waals surface area contributed by atoms with Crippen molar-refractivity contribution in [2.45, 2.75) is 13.0 Å². The van der Waals surface area contributed by atoms with Gasteiger partial charge in [-0.05, 0) is 36.2 Å². The van der Waals surface area contributed by atoms with Gasteiger partial charge in [0.2, 0.25) is 0 Å². The summed E-state index contributed by atoms with van der Waals surface area (Å²) in [6.07, 6.45) is 0. The number of nitrogens with two attached hydrogens (primary N) is 1. The Labute approximate surface area is 134 Å². The Morgan fingerprint density at radius 1 is 1.19 bits per heavy atom. The van der Waals surface area contributed by atoms with Gasteiger partial charge in [-0.15, -0.1) is 0 Å². The average molecular weight is 320 g/mol. The van der Waals surface area contributed by atoms with Crippen LogP contribution in [0.15, 0.2) is 47.5 Å². The number of para-hydroxylation sites is 1. The van der Waals surface area contributed by atoms with Gasteiger partial charge in [-0.3, -0.25) is 4.99 Å². The van der Waals surface area contributed by atoms with E-state index in [9.17, 15) is 0 Å². The molecule has 1 atom stereocenters. The maximum atomic E-state index is 6.35. The second-order valence-electron chi connectivity index (χ2n) is 5.04. The molecule has 2 aromatic carbocycles. The first-order chi connectivity index (χ1) is 10.1. The van der Waals surface area contributed by atoms with Crippen LogP contribution in [-0.4, -0.2) is 12.5 Å². The van der Waals surface area contributed by atoms with Crippen LogP contribution in [0, 0.1) is 6.92 Å². The Morgan fingerprint density at radius 3 is 2.67 bits per heavy atom. The minimum absolute atomic E-state index is 0.00383. The number of hydrogen-bond donors (Lipinski definition) is 1. The van der Waals surface area contributed by atoms with E-state index >= 15 is 0 Å². The molecule has 0 saturated heterocycles. The standard InChI is InChI=1S/C16H15Cl2N3/c1-10-4-2-3-5-14(10)21-15(9-20-16(21)19)12-7-6-11(17)8-13(12)18/h2-8,15H,9H2,1H3,(H2,19,20). The summed E-state index contributed by atoms with van der Waals surface area (Å²) in [7, 11) is 0. The molecule has 0 amide bonds. The molecule has 108 valence electrons. The highest BCUT2D eigenvalue weighted by molar-refractivity contribution is 6.35. The molecule has 0 saturated carbocycles. The summed E-state index contributed by atoms with van der Waals surface area (Å²) in [5.41, 5.74) is 9.27. The lowest BCUT2D eigenvalue weighted by Crippen LogP contribution is -2.36. The summed E-state index contributed by atoms with van der Waals surface area (Å²) in [5.74, 6) is 0.514. The van der Waals surface area contributed by atoms with Gasteiger partial charge in [-0.2, -0.15) is 0 Å². The first kappa shape index (κ1) is 14.2. The average Bonchev–Trinajstić information content (AvgIpc) is 2.81. The van der Waals surface area contributed by atoms with Gasteiger partial charge in [0, 0.05) is 15.7 Å². The van der Waals surface area contributed by atoms with E-state index in [1.54, 1.807) is 6.07 Å². The highest BCUT2D eigenvalue weighted by atomic mass is 35.5. The smallest absolute Gasteiger partial charge is 0.196 e. The van der Waals surface area contributed by atoms with Crippen LogP contribution >= 0.6 is 23.2 Å². The van der Waals surface area contributed by atoms with Crippen LogP contribution < -0.4 is 10.6 Å². The zero-order chi connectivity index (χ0) is 15.0. The summed E-state index contributed by atoms with van der Waals surface area (Å²) < 4.78 is 0. The fraction of sp³-hybridized carbons (Fsp3) is 0.188. The van der Waals surface area contributed by atoms with Crippen LogP contribution in [-0.2, 0) is 0 Å². The lowest BCUT2D eigenvalue weighted by molar-refractivity contribution is 0.767. The molecule has 1 aliphatic heterocycles. The molecule has 1 heterocycles. The van der Waals surface area contributed by atoms with Gasteiger partial charge in [0.15, 0.2) is 5.96 Å². The van der Waals surface area contributed by atoms with E-state index in [0.717, 1.165) is 16.8 Å². The number of rotatable bonds is 2. The van der Waals surface area contributed by atoms with E-state index in [2.05, 4.69) is 18.0 Å². The third-order valence-corrected chi connectivity index (χ3v) is 4.24. The van der Waals surface area contributed by atoms with Crippen molar-refractivity contribution < 1.29 is 0 Å². The molecule has 3 rings (SSSR count). The fourth-order valence-corrected chi connectivity index (χ4v) is 3.17. The van der Waals surface area contributed by atoms with E-state index in [-0.39, 0.29) is 6.04 Å². The van der Waals surface area contributed by atoms with Gasteiger partial charge in [-0.25, -0.2) is 0 Å². The predicted octanol–water partition coefficient (Wildman–Crippen LogP) is 4.18. The Kier molecular flexibility index (Phi) is 3.79. The van der Waals surface area contributed by atoms with Crippen molar-refractivity contribution in [3.8, 4) is 0 Å². The SMILES string of the molecule is Cc1ccccc1N1C(N)=NCC1c1ccc(Cl)cc1Cl. The van der Waals surface area contributed by atoms with Crippen LogP contribution in [0.25, 0.3) is 0 Å². The van der Waals surface area contributed by atoms with Crippen molar-refractivity contribution in [3.05, 3.63) is 63.6 Å². The van der Waals surface area contributed by atoms with Crippen molar-refractivity contribution in [2.24, 2.45) is 10.7 Å². The molecule has 0 bridgehead atoms. The minimum atomic E-state index is -0.00383. The number of nitrogens with zero attached hydrogens (tertiary/aromatic N) is 2. The molecule has 0 radical (unpaired) electrons. The summed E-state index contributed by atoms with van der Waals surface area (Å²) in [6, 6.07) is 13.6. The topological polar surface area (TPSA) is 41.6 Å². The molecular formula is C16H15Cl2N3. The molecule has 2 N–H and O–H groups in total. The molecular weight excluding hydrogens is 305 g/mol. The summed E-state index contributed by atoms with van der Waals surface area (Å²) in [4.78, 5) is 6.42. The first-order valence-corrected chi connectivity index (χ1v) is 7.43. The Morgan fingerprint density at radius 2 is 1.95 bits per heavy atom. The Hall–Kier alpha value is -1.71. The summed E-state index contributed by atoms with van der Waals surface area (Å²) in [6.45, 7) is 2.64. The van der Waals surface area contributed by atoms with Crippen molar-refractivity contribution >= 4 is 34.8 Å². The Balaban J connectivity index is 2.05. The van der Waals surface area contributed by atoms with Crippen molar-refractivity contribution in [2.75, 3.05) is 11.4 Å². The summed E-state index contributed by atoms with van der Waals surface area (Å²) in [5, 5.41) is 1.26. The summed E-state index contributed by atoms with van der Waals surface area (Å²) >= 11 is 12.3. The van der Waals surface area contributed by atoms with Crippen LogP contribution in [0.5, 0.6) is 0 Å². The maximum absolute atomic E-state index is 6.35.